The molecule has 0 aromatic rings. The monoisotopic (exact) mass is 313 g/mol. The first-order chi connectivity index (χ1) is 10.3. The smallest absolute Gasteiger partial charge is 0.408 e. The molecule has 0 spiro atoms. The number of nitrogens with one attached hydrogen (secondary N) is 1. The van der Waals surface area contributed by atoms with Crippen LogP contribution in [0.15, 0.2) is 17.3 Å². The van der Waals surface area contributed by atoms with Crippen LogP contribution >= 0.6 is 0 Å². The minimum absolute atomic E-state index is 0.181. The number of esters is 1. The summed E-state index contributed by atoms with van der Waals surface area (Å²) in [6.07, 6.45) is 4.02. The highest BCUT2D eigenvalue weighted by Crippen LogP contribution is 2.14. The van der Waals surface area contributed by atoms with Crippen LogP contribution in [0.2, 0.25) is 0 Å². The minimum atomic E-state index is -0.897. The van der Waals surface area contributed by atoms with E-state index in [1.807, 2.05) is 0 Å². The number of alkyl carbamates (subject to hydrolysis) is 1. The van der Waals surface area contributed by atoms with E-state index in [9.17, 15) is 9.59 Å². The van der Waals surface area contributed by atoms with Gasteiger partial charge in [-0.05, 0) is 26.8 Å². The SMILES string of the molecule is COC(=O)[C@@H](CC1N=CC=CN1OC)NC(=O)OC(C)(C)C. The van der Waals surface area contributed by atoms with Crippen LogP contribution in [0.5, 0.6) is 0 Å². The summed E-state index contributed by atoms with van der Waals surface area (Å²) < 4.78 is 9.87. The summed E-state index contributed by atoms with van der Waals surface area (Å²) in [5.41, 5.74) is -0.658. The molecule has 1 N–H and O–H groups in total. The zero-order valence-electron chi connectivity index (χ0n) is 13.5. The molecule has 0 bridgehead atoms. The number of carbonyl (C=O) groups is 2. The quantitative estimate of drug-likeness (QED) is 0.768. The number of hydroxylamine groups is 2. The molecule has 1 aliphatic rings. The molecule has 0 aromatic heterocycles. The highest BCUT2D eigenvalue weighted by molar-refractivity contribution is 5.81. The number of ether oxygens (including phenoxy) is 2. The second-order valence-electron chi connectivity index (χ2n) is 5.62. The van der Waals surface area contributed by atoms with Crippen molar-refractivity contribution in [1.29, 1.82) is 0 Å². The Morgan fingerprint density at radius 1 is 1.36 bits per heavy atom. The molecular weight excluding hydrogens is 290 g/mol. The Labute approximate surface area is 130 Å². The molecule has 0 radical (unpaired) electrons. The van der Waals surface area contributed by atoms with Gasteiger partial charge in [0.25, 0.3) is 0 Å². The molecule has 1 rings (SSSR count). The zero-order valence-corrected chi connectivity index (χ0v) is 13.5. The summed E-state index contributed by atoms with van der Waals surface area (Å²) in [5.74, 6) is -0.577. The summed E-state index contributed by atoms with van der Waals surface area (Å²) in [4.78, 5) is 33.1. The highest BCUT2D eigenvalue weighted by Gasteiger charge is 2.30. The van der Waals surface area contributed by atoms with Crippen LogP contribution in [0.25, 0.3) is 0 Å². The van der Waals surface area contributed by atoms with E-state index in [1.54, 1.807) is 39.3 Å². The van der Waals surface area contributed by atoms with Crippen molar-refractivity contribution < 1.29 is 23.9 Å². The van der Waals surface area contributed by atoms with E-state index >= 15 is 0 Å². The van der Waals surface area contributed by atoms with Gasteiger partial charge in [-0.2, -0.15) is 0 Å². The first-order valence-electron chi connectivity index (χ1n) is 6.86. The summed E-state index contributed by atoms with van der Waals surface area (Å²) in [6.45, 7) is 5.22. The Kier molecular flexibility index (Phi) is 6.36. The fourth-order valence-electron chi connectivity index (χ4n) is 1.80. The molecule has 0 aliphatic carbocycles. The molecule has 8 heteroatoms. The number of methoxy groups -OCH3 is 1. The van der Waals surface area contributed by atoms with Crippen molar-refractivity contribution >= 4 is 18.3 Å². The van der Waals surface area contributed by atoms with E-state index in [-0.39, 0.29) is 6.42 Å². The maximum Gasteiger partial charge on any atom is 0.408 e. The van der Waals surface area contributed by atoms with E-state index in [4.69, 9.17) is 14.3 Å². The van der Waals surface area contributed by atoms with Crippen LogP contribution in [0, 0.1) is 0 Å². The lowest BCUT2D eigenvalue weighted by atomic mass is 10.1. The van der Waals surface area contributed by atoms with Crippen LogP contribution in [0.4, 0.5) is 4.79 Å². The van der Waals surface area contributed by atoms with Gasteiger partial charge in [-0.25, -0.2) is 14.7 Å². The fraction of sp³-hybridized carbons (Fsp3) is 0.643. The summed E-state index contributed by atoms with van der Waals surface area (Å²) in [7, 11) is 2.75. The van der Waals surface area contributed by atoms with Gasteiger partial charge in [0.1, 0.15) is 17.8 Å². The molecule has 0 aromatic carbocycles. The van der Waals surface area contributed by atoms with Crippen LogP contribution in [-0.4, -0.2) is 55.4 Å². The molecule has 0 saturated carbocycles. The summed E-state index contributed by atoms with van der Waals surface area (Å²) >= 11 is 0. The molecule has 1 heterocycles. The van der Waals surface area contributed by atoms with E-state index in [2.05, 4.69) is 10.3 Å². The largest absolute Gasteiger partial charge is 0.467 e. The minimum Gasteiger partial charge on any atom is -0.467 e. The van der Waals surface area contributed by atoms with Gasteiger partial charge in [0.05, 0.1) is 14.2 Å². The number of allylic oxidation sites excluding steroid dienone is 1. The van der Waals surface area contributed by atoms with E-state index < -0.39 is 29.9 Å². The van der Waals surface area contributed by atoms with Crippen molar-refractivity contribution in [2.75, 3.05) is 14.2 Å². The average molecular weight is 313 g/mol. The van der Waals surface area contributed by atoms with Crippen LogP contribution in [0.1, 0.15) is 27.2 Å². The summed E-state index contributed by atoms with van der Waals surface area (Å²) in [5, 5.41) is 3.98. The number of amides is 1. The molecule has 124 valence electrons. The fourth-order valence-corrected chi connectivity index (χ4v) is 1.80. The van der Waals surface area contributed by atoms with Gasteiger partial charge in [0.2, 0.25) is 0 Å². The van der Waals surface area contributed by atoms with E-state index in [0.717, 1.165) is 0 Å². The summed E-state index contributed by atoms with van der Waals surface area (Å²) in [6, 6.07) is -0.897. The maximum atomic E-state index is 11.9. The van der Waals surface area contributed by atoms with Gasteiger partial charge < -0.3 is 14.8 Å². The second kappa shape index (κ2) is 7.79. The Balaban J connectivity index is 2.73. The third kappa shape index (κ3) is 5.72. The second-order valence-corrected chi connectivity index (χ2v) is 5.62. The van der Waals surface area contributed by atoms with Crippen LogP contribution < -0.4 is 5.32 Å². The third-order valence-corrected chi connectivity index (χ3v) is 2.70. The Hall–Kier alpha value is -2.09. The van der Waals surface area contributed by atoms with Crippen molar-refractivity contribution in [2.24, 2.45) is 4.99 Å². The Morgan fingerprint density at radius 2 is 2.05 bits per heavy atom. The van der Waals surface area contributed by atoms with Crippen molar-refractivity contribution in [3.8, 4) is 0 Å². The molecular formula is C14H23N3O5. The van der Waals surface area contributed by atoms with Gasteiger partial charge in [-0.15, -0.1) is 0 Å². The number of hydrogen-bond donors (Lipinski definition) is 1. The lowest BCUT2D eigenvalue weighted by Crippen LogP contribution is -2.47. The first-order valence-corrected chi connectivity index (χ1v) is 6.86. The Morgan fingerprint density at radius 3 is 2.59 bits per heavy atom. The van der Waals surface area contributed by atoms with Crippen molar-refractivity contribution in [3.63, 3.8) is 0 Å². The lowest BCUT2D eigenvalue weighted by Gasteiger charge is -2.29. The van der Waals surface area contributed by atoms with Crippen molar-refractivity contribution in [1.82, 2.24) is 10.4 Å². The van der Waals surface area contributed by atoms with Gasteiger partial charge in [0, 0.05) is 18.8 Å². The highest BCUT2D eigenvalue weighted by atomic mass is 16.7. The molecule has 2 atom stereocenters. The number of aliphatic imine (C=N–C) groups is 1. The van der Waals surface area contributed by atoms with Crippen LogP contribution in [0.3, 0.4) is 0 Å². The maximum absolute atomic E-state index is 11.9. The van der Waals surface area contributed by atoms with Gasteiger partial charge in [-0.1, -0.05) is 0 Å². The predicted molar refractivity (Wildman–Crippen MR) is 80.1 cm³/mol. The normalized spacial score (nSPS) is 18.8. The number of nitrogens with zero attached hydrogens (tertiary/aromatic N) is 2. The number of carbonyl (C=O) groups excluding carboxylic acids is 2. The zero-order chi connectivity index (χ0) is 16.8. The molecule has 1 aliphatic heterocycles. The standard InChI is InChI=1S/C14H23N3O5/c1-14(2,3)22-13(19)16-10(12(18)20-4)9-11-15-7-6-8-17(11)21-5/h6-8,10-11H,9H2,1-5H3,(H,16,19)/t10-,11?/m1/s1. The van der Waals surface area contributed by atoms with Crippen molar-refractivity contribution in [3.05, 3.63) is 12.3 Å². The predicted octanol–water partition coefficient (Wildman–Crippen LogP) is 1.23. The average Bonchev–Trinajstić information content (AvgIpc) is 2.44. The molecule has 8 nitrogen and oxygen atoms in total. The van der Waals surface area contributed by atoms with Gasteiger partial charge in [-0.3, -0.25) is 9.83 Å². The van der Waals surface area contributed by atoms with Gasteiger partial charge in [0.15, 0.2) is 0 Å². The molecule has 1 unspecified atom stereocenters. The van der Waals surface area contributed by atoms with Gasteiger partial charge >= 0.3 is 12.1 Å². The van der Waals surface area contributed by atoms with E-state index in [0.29, 0.717) is 0 Å². The number of rotatable bonds is 5. The molecule has 0 saturated heterocycles. The van der Waals surface area contributed by atoms with E-state index in [1.165, 1.54) is 19.3 Å². The topological polar surface area (TPSA) is 89.5 Å². The number of hydrogen-bond acceptors (Lipinski definition) is 7. The molecule has 22 heavy (non-hydrogen) atoms. The molecule has 1 amide bonds. The Bertz CT molecular complexity index is 456. The molecule has 0 fully saturated rings. The van der Waals surface area contributed by atoms with Crippen LogP contribution in [-0.2, 0) is 19.1 Å². The first kappa shape index (κ1) is 18.0. The lowest BCUT2D eigenvalue weighted by molar-refractivity contribution is -0.147. The van der Waals surface area contributed by atoms with Crippen molar-refractivity contribution in [2.45, 2.75) is 45.0 Å². The third-order valence-electron chi connectivity index (χ3n) is 2.70.